The van der Waals surface area contributed by atoms with Gasteiger partial charge in [-0.15, -0.1) is 22.7 Å². The molecule has 256 valence electrons. The second kappa shape index (κ2) is 11.8. The first-order chi connectivity index (χ1) is 27.3. The van der Waals surface area contributed by atoms with Gasteiger partial charge in [0.2, 0.25) is 0 Å². The van der Waals surface area contributed by atoms with Crippen LogP contribution in [0.25, 0.3) is 113 Å². The molecule has 5 heterocycles. The number of hydrogen-bond donors (Lipinski definition) is 0. The molecule has 0 aliphatic carbocycles. The van der Waals surface area contributed by atoms with Crippen LogP contribution in [-0.4, -0.2) is 29.3 Å². The molecule has 0 atom stereocenters. The topological polar surface area (TPSA) is 68.9 Å². The molecule has 0 spiro atoms. The lowest BCUT2D eigenvalue weighted by Gasteiger charge is -2.11. The van der Waals surface area contributed by atoms with Crippen LogP contribution < -0.4 is 0 Å². The molecule has 12 aromatic rings. The normalized spacial score (nSPS) is 12.0. The van der Waals surface area contributed by atoms with Crippen LogP contribution in [-0.2, 0) is 0 Å². The zero-order valence-corrected chi connectivity index (χ0v) is 30.6. The molecule has 55 heavy (non-hydrogen) atoms. The highest BCUT2D eigenvalue weighted by molar-refractivity contribution is 7.26. The first kappa shape index (κ1) is 30.6. The Hall–Kier alpha value is -6.87. The Morgan fingerprint density at radius 2 is 0.982 bits per heavy atom. The van der Waals surface area contributed by atoms with Gasteiger partial charge in [0, 0.05) is 68.0 Å². The van der Waals surface area contributed by atoms with E-state index in [-0.39, 0.29) is 0 Å². The zero-order chi connectivity index (χ0) is 36.0. The first-order valence-electron chi connectivity index (χ1n) is 18.1. The summed E-state index contributed by atoms with van der Waals surface area (Å²) < 4.78 is 6.94. The average Bonchev–Trinajstić information content (AvgIpc) is 3.95. The summed E-state index contributed by atoms with van der Waals surface area (Å²) in [4.78, 5) is 26.1. The lowest BCUT2D eigenvalue weighted by atomic mass is 10.0. The zero-order valence-electron chi connectivity index (χ0n) is 29.0. The summed E-state index contributed by atoms with van der Waals surface area (Å²) in [6.45, 7) is 0. The van der Waals surface area contributed by atoms with Crippen molar-refractivity contribution < 1.29 is 0 Å². The maximum Gasteiger partial charge on any atom is 0.165 e. The molecule has 0 bridgehead atoms. The molecule has 0 N–H and O–H groups in total. The molecule has 8 heteroatoms. The highest BCUT2D eigenvalue weighted by atomic mass is 32.1. The van der Waals surface area contributed by atoms with Crippen LogP contribution in [0.1, 0.15) is 0 Å². The van der Waals surface area contributed by atoms with Crippen molar-refractivity contribution in [2.24, 2.45) is 0 Å². The summed E-state index contributed by atoms with van der Waals surface area (Å²) in [5.74, 6) is 2.81. The van der Waals surface area contributed by atoms with Crippen LogP contribution in [0.3, 0.4) is 0 Å². The van der Waals surface area contributed by atoms with Crippen molar-refractivity contribution in [3.8, 4) is 45.6 Å². The Morgan fingerprint density at radius 1 is 0.382 bits per heavy atom. The third-order valence-corrected chi connectivity index (χ3v) is 12.9. The molecule has 0 aliphatic rings. The minimum Gasteiger partial charge on any atom is -0.276 e. The fraction of sp³-hybridized carbons (Fsp3) is 0. The number of thiophene rings is 2. The Labute approximate surface area is 321 Å². The van der Waals surface area contributed by atoms with E-state index in [0.717, 1.165) is 75.8 Å². The number of nitrogens with zero attached hydrogens (tertiary/aromatic N) is 6. The van der Waals surface area contributed by atoms with E-state index in [1.807, 2.05) is 30.3 Å². The van der Waals surface area contributed by atoms with E-state index in [1.165, 1.54) is 20.2 Å². The standard InChI is InChI=1S/C47H26N6S2/c1-2-13-27(14-3-1)43-50-44(52-45(51-43)33-20-10-17-29-28-15-5-9-25-38(28)54-41(29)33)32-19-12-26-39-40(32)31-18-11-21-34(42(31)55-39)47-48-35-22-6-4-16-30(35)46-49-36-23-7-8-24-37(36)53(46)47/h1-26H. The molecule has 0 aliphatic heterocycles. The van der Waals surface area contributed by atoms with Crippen molar-refractivity contribution in [2.45, 2.75) is 0 Å². The van der Waals surface area contributed by atoms with Gasteiger partial charge in [-0.3, -0.25) is 4.40 Å². The van der Waals surface area contributed by atoms with E-state index in [0.29, 0.717) is 17.5 Å². The van der Waals surface area contributed by atoms with Gasteiger partial charge in [0.05, 0.1) is 16.6 Å². The highest BCUT2D eigenvalue weighted by Gasteiger charge is 2.22. The molecule has 0 saturated carbocycles. The van der Waals surface area contributed by atoms with Crippen molar-refractivity contribution in [1.29, 1.82) is 0 Å². The Bertz CT molecular complexity index is 3510. The summed E-state index contributed by atoms with van der Waals surface area (Å²) in [5.41, 5.74) is 7.77. The highest BCUT2D eigenvalue weighted by Crippen LogP contribution is 2.45. The lowest BCUT2D eigenvalue weighted by molar-refractivity contribution is 1.08. The monoisotopic (exact) mass is 738 g/mol. The van der Waals surface area contributed by atoms with Gasteiger partial charge in [-0.05, 0) is 48.5 Å². The van der Waals surface area contributed by atoms with Gasteiger partial charge >= 0.3 is 0 Å². The molecular weight excluding hydrogens is 713 g/mol. The summed E-state index contributed by atoms with van der Waals surface area (Å²) in [6, 6.07) is 54.8. The third kappa shape index (κ3) is 4.62. The van der Waals surface area contributed by atoms with E-state index in [4.69, 9.17) is 24.9 Å². The van der Waals surface area contributed by atoms with Gasteiger partial charge in [-0.25, -0.2) is 24.9 Å². The Kier molecular flexibility index (Phi) is 6.57. The van der Waals surface area contributed by atoms with Crippen LogP contribution in [0.15, 0.2) is 158 Å². The molecule has 0 amide bonds. The van der Waals surface area contributed by atoms with Gasteiger partial charge in [-0.1, -0.05) is 109 Å². The van der Waals surface area contributed by atoms with Gasteiger partial charge in [0.25, 0.3) is 0 Å². The third-order valence-electron chi connectivity index (χ3n) is 10.5. The van der Waals surface area contributed by atoms with E-state index in [9.17, 15) is 0 Å². The average molecular weight is 739 g/mol. The molecular formula is C47H26N6S2. The fourth-order valence-electron chi connectivity index (χ4n) is 7.99. The van der Waals surface area contributed by atoms with Crippen LogP contribution in [0, 0.1) is 0 Å². The van der Waals surface area contributed by atoms with Crippen LogP contribution >= 0.6 is 22.7 Å². The maximum absolute atomic E-state index is 5.33. The second-order valence-corrected chi connectivity index (χ2v) is 15.7. The van der Waals surface area contributed by atoms with Crippen LogP contribution in [0.2, 0.25) is 0 Å². The van der Waals surface area contributed by atoms with Crippen molar-refractivity contribution in [3.05, 3.63) is 158 Å². The maximum atomic E-state index is 5.33. The van der Waals surface area contributed by atoms with Gasteiger partial charge in [0.15, 0.2) is 17.5 Å². The summed E-state index contributed by atoms with van der Waals surface area (Å²) in [7, 11) is 0. The smallest absolute Gasteiger partial charge is 0.165 e. The van der Waals surface area contributed by atoms with E-state index < -0.39 is 0 Å². The number of benzene rings is 7. The lowest BCUT2D eigenvalue weighted by Crippen LogP contribution is -2.00. The number of rotatable bonds is 4. The van der Waals surface area contributed by atoms with Crippen LogP contribution in [0.4, 0.5) is 0 Å². The number of aromatic nitrogens is 6. The molecule has 0 saturated heterocycles. The van der Waals surface area contributed by atoms with Gasteiger partial charge in [-0.2, -0.15) is 0 Å². The number of imidazole rings is 1. The van der Waals surface area contributed by atoms with E-state index in [2.05, 4.69) is 132 Å². The van der Waals surface area contributed by atoms with E-state index in [1.54, 1.807) is 22.7 Å². The minimum absolute atomic E-state index is 0.643. The molecule has 0 radical (unpaired) electrons. The molecule has 0 fully saturated rings. The number of hydrogen-bond acceptors (Lipinski definition) is 7. The van der Waals surface area contributed by atoms with Crippen LogP contribution in [0.5, 0.6) is 0 Å². The van der Waals surface area contributed by atoms with Crippen molar-refractivity contribution in [2.75, 3.05) is 0 Å². The minimum atomic E-state index is 0.643. The quantitative estimate of drug-likeness (QED) is 0.180. The van der Waals surface area contributed by atoms with Crippen molar-refractivity contribution >= 4 is 90.6 Å². The van der Waals surface area contributed by atoms with Gasteiger partial charge in [0.1, 0.15) is 11.5 Å². The summed E-state index contributed by atoms with van der Waals surface area (Å²) in [5, 5.41) is 5.74. The van der Waals surface area contributed by atoms with Gasteiger partial charge < -0.3 is 0 Å². The first-order valence-corrected chi connectivity index (χ1v) is 19.7. The SMILES string of the molecule is c1ccc(-c2nc(-c3cccc4c3sc3ccccc34)nc(-c3cccc4sc5c(-c6nc7ccccc7c7nc8ccccc8n67)cccc5c34)n2)cc1. The fourth-order valence-corrected chi connectivity index (χ4v) is 10.4. The predicted molar refractivity (Wildman–Crippen MR) is 229 cm³/mol. The molecule has 12 rings (SSSR count). The molecule has 5 aromatic heterocycles. The number of para-hydroxylation sites is 3. The summed E-state index contributed by atoms with van der Waals surface area (Å²) >= 11 is 3.56. The largest absolute Gasteiger partial charge is 0.276 e. The van der Waals surface area contributed by atoms with Crippen molar-refractivity contribution in [1.82, 2.24) is 29.3 Å². The Morgan fingerprint density at radius 3 is 1.87 bits per heavy atom. The Balaban J connectivity index is 1.12. The van der Waals surface area contributed by atoms with Crippen molar-refractivity contribution in [3.63, 3.8) is 0 Å². The molecule has 7 aromatic carbocycles. The van der Waals surface area contributed by atoms with E-state index >= 15 is 0 Å². The number of fused-ring (bicyclic) bond motifs is 11. The second-order valence-electron chi connectivity index (χ2n) is 13.6. The molecule has 6 nitrogen and oxygen atoms in total. The molecule has 0 unspecified atom stereocenters. The summed E-state index contributed by atoms with van der Waals surface area (Å²) in [6.07, 6.45) is 0. The predicted octanol–water partition coefficient (Wildman–Crippen LogP) is 12.6.